The summed E-state index contributed by atoms with van der Waals surface area (Å²) in [5.74, 6) is 1.68. The molecule has 0 bridgehead atoms. The molecule has 3 rings (SSSR count). The second-order valence-corrected chi connectivity index (χ2v) is 4.52. The highest BCUT2D eigenvalue weighted by Gasteiger charge is 2.16. The van der Waals surface area contributed by atoms with Crippen LogP contribution in [0.25, 0.3) is 0 Å². The minimum Gasteiger partial charge on any atom is -0.454 e. The van der Waals surface area contributed by atoms with E-state index in [1.54, 1.807) is 0 Å². The van der Waals surface area contributed by atoms with Crippen LogP contribution in [0.3, 0.4) is 0 Å². The van der Waals surface area contributed by atoms with Crippen molar-refractivity contribution >= 4 is 0 Å². The summed E-state index contributed by atoms with van der Waals surface area (Å²) in [6.45, 7) is 3.87. The second-order valence-electron chi connectivity index (χ2n) is 4.52. The van der Waals surface area contributed by atoms with Crippen LogP contribution in [0.1, 0.15) is 16.8 Å². The van der Waals surface area contributed by atoms with Crippen LogP contribution >= 0.6 is 0 Å². The Bertz CT molecular complexity index is 584. The maximum absolute atomic E-state index is 5.48. The van der Waals surface area contributed by atoms with Gasteiger partial charge in [-0.15, -0.1) is 0 Å². The van der Waals surface area contributed by atoms with Gasteiger partial charge >= 0.3 is 0 Å². The Hall–Kier alpha value is -2.07. The lowest BCUT2D eigenvalue weighted by atomic mass is 10.1. The van der Waals surface area contributed by atoms with E-state index in [0.717, 1.165) is 35.8 Å². The van der Waals surface area contributed by atoms with Crippen LogP contribution in [-0.4, -0.2) is 11.8 Å². The van der Waals surface area contributed by atoms with E-state index in [-0.39, 0.29) is 0 Å². The summed E-state index contributed by atoms with van der Waals surface area (Å²) < 4.78 is 10.8. The molecule has 2 aromatic rings. The SMILES string of the molecule is Cc1cccnc1CNCc1cccc2c1OCO2. The monoisotopic (exact) mass is 256 g/mol. The minimum absolute atomic E-state index is 0.311. The van der Waals surface area contributed by atoms with Crippen LogP contribution in [0.5, 0.6) is 11.5 Å². The highest BCUT2D eigenvalue weighted by Crippen LogP contribution is 2.35. The predicted molar refractivity (Wildman–Crippen MR) is 72.1 cm³/mol. The fourth-order valence-corrected chi connectivity index (χ4v) is 2.15. The Morgan fingerprint density at radius 2 is 2.11 bits per heavy atom. The maximum atomic E-state index is 5.48. The minimum atomic E-state index is 0.311. The van der Waals surface area contributed by atoms with Gasteiger partial charge in [0.2, 0.25) is 6.79 Å². The summed E-state index contributed by atoms with van der Waals surface area (Å²) in [6, 6.07) is 9.98. The molecule has 98 valence electrons. The van der Waals surface area contributed by atoms with Crippen LogP contribution in [0.2, 0.25) is 0 Å². The zero-order chi connectivity index (χ0) is 13.1. The van der Waals surface area contributed by atoms with Gasteiger partial charge in [0.15, 0.2) is 11.5 Å². The van der Waals surface area contributed by atoms with E-state index < -0.39 is 0 Å². The molecule has 1 N–H and O–H groups in total. The van der Waals surface area contributed by atoms with Gasteiger partial charge in [-0.2, -0.15) is 0 Å². The molecule has 1 aliphatic rings. The zero-order valence-electron chi connectivity index (χ0n) is 10.8. The van der Waals surface area contributed by atoms with Gasteiger partial charge in [-0.05, 0) is 24.6 Å². The summed E-state index contributed by atoms with van der Waals surface area (Å²) in [6.07, 6.45) is 1.82. The zero-order valence-corrected chi connectivity index (χ0v) is 10.8. The molecule has 0 unspecified atom stereocenters. The number of pyridine rings is 1. The summed E-state index contributed by atoms with van der Waals surface area (Å²) in [7, 11) is 0. The Kier molecular flexibility index (Phi) is 3.33. The summed E-state index contributed by atoms with van der Waals surface area (Å²) in [5, 5.41) is 3.39. The molecule has 4 nitrogen and oxygen atoms in total. The molecule has 0 amide bonds. The van der Waals surface area contributed by atoms with E-state index in [2.05, 4.69) is 23.3 Å². The number of nitrogens with zero attached hydrogens (tertiary/aromatic N) is 1. The molecule has 0 radical (unpaired) electrons. The first-order valence-corrected chi connectivity index (χ1v) is 6.33. The fourth-order valence-electron chi connectivity index (χ4n) is 2.15. The van der Waals surface area contributed by atoms with Crippen molar-refractivity contribution < 1.29 is 9.47 Å². The van der Waals surface area contributed by atoms with E-state index in [4.69, 9.17) is 9.47 Å². The van der Waals surface area contributed by atoms with Gasteiger partial charge in [-0.3, -0.25) is 4.98 Å². The molecule has 0 saturated carbocycles. The molecule has 0 aliphatic carbocycles. The molecule has 19 heavy (non-hydrogen) atoms. The molecule has 1 aromatic heterocycles. The van der Waals surface area contributed by atoms with E-state index >= 15 is 0 Å². The lowest BCUT2D eigenvalue weighted by molar-refractivity contribution is 0.173. The predicted octanol–water partition coefficient (Wildman–Crippen LogP) is 2.41. The fraction of sp³-hybridized carbons (Fsp3) is 0.267. The first kappa shape index (κ1) is 12.0. The van der Waals surface area contributed by atoms with E-state index in [1.165, 1.54) is 5.56 Å². The highest BCUT2D eigenvalue weighted by atomic mass is 16.7. The average Bonchev–Trinajstić information content (AvgIpc) is 2.90. The third-order valence-electron chi connectivity index (χ3n) is 3.20. The first-order chi connectivity index (χ1) is 9.34. The second kappa shape index (κ2) is 5.28. The Morgan fingerprint density at radius 1 is 1.16 bits per heavy atom. The van der Waals surface area contributed by atoms with Gasteiger partial charge in [-0.1, -0.05) is 18.2 Å². The average molecular weight is 256 g/mol. The largest absolute Gasteiger partial charge is 0.454 e. The molecular formula is C15H16N2O2. The van der Waals surface area contributed by atoms with E-state index in [9.17, 15) is 0 Å². The molecule has 1 aliphatic heterocycles. The number of para-hydroxylation sites is 1. The maximum Gasteiger partial charge on any atom is 0.231 e. The lowest BCUT2D eigenvalue weighted by Crippen LogP contribution is -2.14. The van der Waals surface area contributed by atoms with Gasteiger partial charge in [0, 0.05) is 24.8 Å². The molecule has 2 heterocycles. The Labute approximate surface area is 112 Å². The van der Waals surface area contributed by atoms with Crippen LogP contribution in [0, 0.1) is 6.92 Å². The van der Waals surface area contributed by atoms with Gasteiger partial charge in [0.25, 0.3) is 0 Å². The van der Waals surface area contributed by atoms with Crippen molar-refractivity contribution in [3.05, 3.63) is 53.3 Å². The number of fused-ring (bicyclic) bond motifs is 1. The molecular weight excluding hydrogens is 240 g/mol. The number of ether oxygens (including phenoxy) is 2. The summed E-state index contributed by atoms with van der Waals surface area (Å²) in [5.41, 5.74) is 3.39. The molecule has 0 spiro atoms. The highest BCUT2D eigenvalue weighted by molar-refractivity contribution is 5.48. The van der Waals surface area contributed by atoms with Crippen LogP contribution in [0.4, 0.5) is 0 Å². The third-order valence-corrected chi connectivity index (χ3v) is 3.20. The Morgan fingerprint density at radius 3 is 3.00 bits per heavy atom. The number of aromatic nitrogens is 1. The van der Waals surface area contributed by atoms with E-state index in [0.29, 0.717) is 6.79 Å². The molecule has 4 heteroatoms. The van der Waals surface area contributed by atoms with Crippen molar-refractivity contribution in [1.29, 1.82) is 0 Å². The standard InChI is InChI=1S/C15H16N2O2/c1-11-4-3-7-17-13(11)9-16-8-12-5-2-6-14-15(12)19-10-18-14/h2-7,16H,8-10H2,1H3. The Balaban J connectivity index is 1.65. The van der Waals surface area contributed by atoms with Gasteiger partial charge in [-0.25, -0.2) is 0 Å². The lowest BCUT2D eigenvalue weighted by Gasteiger charge is -2.08. The molecule has 1 aromatic carbocycles. The van der Waals surface area contributed by atoms with Gasteiger partial charge in [0.05, 0.1) is 5.69 Å². The van der Waals surface area contributed by atoms with Gasteiger partial charge < -0.3 is 14.8 Å². The first-order valence-electron chi connectivity index (χ1n) is 6.33. The number of aryl methyl sites for hydroxylation is 1. The van der Waals surface area contributed by atoms with Crippen molar-refractivity contribution in [2.75, 3.05) is 6.79 Å². The summed E-state index contributed by atoms with van der Waals surface area (Å²) >= 11 is 0. The van der Waals surface area contributed by atoms with E-state index in [1.807, 2.05) is 30.5 Å². The number of benzene rings is 1. The van der Waals surface area contributed by atoms with Gasteiger partial charge in [0.1, 0.15) is 0 Å². The third kappa shape index (κ3) is 2.53. The molecule has 0 saturated heterocycles. The number of hydrogen-bond donors (Lipinski definition) is 1. The quantitative estimate of drug-likeness (QED) is 0.912. The summed E-state index contributed by atoms with van der Waals surface area (Å²) in [4.78, 5) is 4.36. The van der Waals surface area contributed by atoms with Crippen LogP contribution in [-0.2, 0) is 13.1 Å². The topological polar surface area (TPSA) is 43.4 Å². The molecule has 0 atom stereocenters. The molecule has 0 fully saturated rings. The number of rotatable bonds is 4. The van der Waals surface area contributed by atoms with Crippen molar-refractivity contribution in [3.8, 4) is 11.5 Å². The van der Waals surface area contributed by atoms with Crippen molar-refractivity contribution in [2.45, 2.75) is 20.0 Å². The van der Waals surface area contributed by atoms with Crippen molar-refractivity contribution in [3.63, 3.8) is 0 Å². The number of hydrogen-bond acceptors (Lipinski definition) is 4. The number of nitrogens with one attached hydrogen (secondary N) is 1. The normalized spacial score (nSPS) is 12.7. The van der Waals surface area contributed by atoms with Crippen LogP contribution < -0.4 is 14.8 Å². The van der Waals surface area contributed by atoms with Crippen molar-refractivity contribution in [1.82, 2.24) is 10.3 Å². The van der Waals surface area contributed by atoms with Crippen LogP contribution in [0.15, 0.2) is 36.5 Å². The smallest absolute Gasteiger partial charge is 0.231 e. The van der Waals surface area contributed by atoms with Crippen molar-refractivity contribution in [2.24, 2.45) is 0 Å².